The number of alkyl halides is 3. The van der Waals surface area contributed by atoms with E-state index in [9.17, 15) is 18.0 Å². The minimum Gasteiger partial charge on any atom is -0.334 e. The molecule has 0 radical (unpaired) electrons. The van der Waals surface area contributed by atoms with E-state index >= 15 is 0 Å². The Balaban J connectivity index is 2.95. The number of urea groups is 1. The first-order valence-corrected chi connectivity index (χ1v) is 5.25. The fourth-order valence-electron chi connectivity index (χ4n) is 1.19. The second-order valence-electron chi connectivity index (χ2n) is 3.31. The highest BCUT2D eigenvalue weighted by molar-refractivity contribution is 6.30. The molecule has 3 nitrogen and oxygen atoms in total. The first-order valence-electron chi connectivity index (χ1n) is 4.87. The molecule has 0 spiro atoms. The van der Waals surface area contributed by atoms with Crippen LogP contribution in [0.1, 0.15) is 5.56 Å². The van der Waals surface area contributed by atoms with Gasteiger partial charge >= 0.3 is 12.2 Å². The lowest BCUT2D eigenvalue weighted by molar-refractivity contribution is -0.136. The van der Waals surface area contributed by atoms with Crippen molar-refractivity contribution in [2.75, 3.05) is 11.9 Å². The molecule has 0 fully saturated rings. The van der Waals surface area contributed by atoms with Crippen LogP contribution in [0, 0.1) is 0 Å². The summed E-state index contributed by atoms with van der Waals surface area (Å²) in [5.74, 6) is 0. The molecule has 0 aromatic heterocycles. The minimum absolute atomic E-state index is 0.0561. The van der Waals surface area contributed by atoms with E-state index < -0.39 is 17.8 Å². The van der Waals surface area contributed by atoms with Crippen molar-refractivity contribution in [3.05, 3.63) is 41.4 Å². The van der Waals surface area contributed by atoms with E-state index in [1.54, 1.807) is 0 Å². The number of hydrogen-bond acceptors (Lipinski definition) is 1. The highest BCUT2D eigenvalue weighted by Gasteiger charge is 2.34. The van der Waals surface area contributed by atoms with Crippen LogP contribution in [0.3, 0.4) is 0 Å². The Kier molecular flexibility index (Phi) is 4.61. The molecule has 0 saturated carbocycles. The van der Waals surface area contributed by atoms with Gasteiger partial charge in [0.2, 0.25) is 0 Å². The second kappa shape index (κ2) is 5.77. The zero-order chi connectivity index (χ0) is 13.8. The van der Waals surface area contributed by atoms with E-state index in [0.717, 1.165) is 12.1 Å². The van der Waals surface area contributed by atoms with Crippen LogP contribution in [0.25, 0.3) is 0 Å². The summed E-state index contributed by atoms with van der Waals surface area (Å²) in [7, 11) is 0. The van der Waals surface area contributed by atoms with Gasteiger partial charge in [0.05, 0.1) is 11.3 Å². The van der Waals surface area contributed by atoms with Crippen LogP contribution in [-0.4, -0.2) is 12.6 Å². The molecule has 0 aliphatic carbocycles. The van der Waals surface area contributed by atoms with Gasteiger partial charge in [0.25, 0.3) is 0 Å². The van der Waals surface area contributed by atoms with Crippen LogP contribution >= 0.6 is 11.6 Å². The molecule has 0 bridgehead atoms. The van der Waals surface area contributed by atoms with Crippen molar-refractivity contribution in [3.8, 4) is 0 Å². The molecule has 1 aromatic rings. The zero-order valence-corrected chi connectivity index (χ0v) is 9.90. The summed E-state index contributed by atoms with van der Waals surface area (Å²) < 4.78 is 38.1. The molecule has 0 aliphatic heterocycles. The third-order valence-corrected chi connectivity index (χ3v) is 2.18. The number of nitrogens with one attached hydrogen (secondary N) is 2. The van der Waals surface area contributed by atoms with Crippen LogP contribution < -0.4 is 10.6 Å². The van der Waals surface area contributed by atoms with E-state index in [1.807, 2.05) is 0 Å². The maximum absolute atomic E-state index is 12.7. The number of rotatable bonds is 3. The van der Waals surface area contributed by atoms with Crippen molar-refractivity contribution in [2.24, 2.45) is 0 Å². The van der Waals surface area contributed by atoms with Gasteiger partial charge in [-0.2, -0.15) is 13.2 Å². The van der Waals surface area contributed by atoms with E-state index in [0.29, 0.717) is 0 Å². The van der Waals surface area contributed by atoms with Crippen molar-refractivity contribution >= 4 is 23.3 Å². The number of anilines is 1. The lowest BCUT2D eigenvalue weighted by Crippen LogP contribution is -2.29. The van der Waals surface area contributed by atoms with Gasteiger partial charge in [-0.15, -0.1) is 6.58 Å². The Morgan fingerprint density at radius 3 is 2.67 bits per heavy atom. The smallest absolute Gasteiger partial charge is 0.334 e. The molecule has 0 heterocycles. The average molecular weight is 279 g/mol. The van der Waals surface area contributed by atoms with E-state index in [1.165, 1.54) is 12.1 Å². The number of hydrogen-bond donors (Lipinski definition) is 2. The quantitative estimate of drug-likeness (QED) is 0.814. The standard InChI is InChI=1S/C11H10ClF3N2O/c1-2-5-16-10(18)17-9-4-3-7(12)6-8(9)11(13,14)15/h2-4,6H,1,5H2,(H2,16,17,18). The predicted octanol–water partition coefficient (Wildman–Crippen LogP) is 3.67. The molecule has 7 heteroatoms. The topological polar surface area (TPSA) is 41.1 Å². The first-order chi connectivity index (χ1) is 8.34. The van der Waals surface area contributed by atoms with Gasteiger partial charge in [-0.1, -0.05) is 17.7 Å². The number of carbonyl (C=O) groups excluding carboxylic acids is 1. The van der Waals surface area contributed by atoms with E-state index in [2.05, 4.69) is 17.2 Å². The van der Waals surface area contributed by atoms with Crippen LogP contribution in [0.2, 0.25) is 5.02 Å². The lowest BCUT2D eigenvalue weighted by Gasteiger charge is -2.14. The summed E-state index contributed by atoms with van der Waals surface area (Å²) in [4.78, 5) is 11.3. The first kappa shape index (κ1) is 14.4. The van der Waals surface area contributed by atoms with Crippen LogP contribution in [-0.2, 0) is 6.18 Å². The largest absolute Gasteiger partial charge is 0.418 e. The number of amides is 2. The predicted molar refractivity (Wildman–Crippen MR) is 63.7 cm³/mol. The molecule has 0 unspecified atom stereocenters. The average Bonchev–Trinajstić information content (AvgIpc) is 2.27. The molecule has 18 heavy (non-hydrogen) atoms. The summed E-state index contributed by atoms with van der Waals surface area (Å²) in [6.07, 6.45) is -3.18. The highest BCUT2D eigenvalue weighted by Crippen LogP contribution is 2.36. The van der Waals surface area contributed by atoms with Crippen molar-refractivity contribution in [1.82, 2.24) is 5.32 Å². The third kappa shape index (κ3) is 3.96. The maximum atomic E-state index is 12.7. The van der Waals surface area contributed by atoms with Gasteiger partial charge in [-0.25, -0.2) is 4.79 Å². The Bertz CT molecular complexity index is 460. The Hall–Kier alpha value is -1.69. The maximum Gasteiger partial charge on any atom is 0.418 e. The third-order valence-electron chi connectivity index (χ3n) is 1.94. The van der Waals surface area contributed by atoms with Gasteiger partial charge in [0.15, 0.2) is 0 Å². The molecule has 0 atom stereocenters. The van der Waals surface area contributed by atoms with Crippen molar-refractivity contribution < 1.29 is 18.0 Å². The van der Waals surface area contributed by atoms with Gasteiger partial charge in [-0.3, -0.25) is 0 Å². The summed E-state index contributed by atoms with van der Waals surface area (Å²) in [6.45, 7) is 3.52. The van der Waals surface area contributed by atoms with Gasteiger partial charge in [-0.05, 0) is 18.2 Å². The van der Waals surface area contributed by atoms with E-state index in [4.69, 9.17) is 11.6 Å². The Morgan fingerprint density at radius 1 is 1.44 bits per heavy atom. The Morgan fingerprint density at radius 2 is 2.11 bits per heavy atom. The summed E-state index contributed by atoms with van der Waals surface area (Å²) in [6, 6.07) is 2.37. The normalized spacial score (nSPS) is 10.9. The SMILES string of the molecule is C=CCNC(=O)Nc1ccc(Cl)cc1C(F)(F)F. The molecule has 2 amide bonds. The van der Waals surface area contributed by atoms with Crippen LogP contribution in [0.5, 0.6) is 0 Å². The molecular formula is C11H10ClF3N2O. The molecule has 0 aliphatic rings. The Labute approximate surface area is 107 Å². The second-order valence-corrected chi connectivity index (χ2v) is 3.75. The molecular weight excluding hydrogens is 269 g/mol. The lowest BCUT2D eigenvalue weighted by atomic mass is 10.1. The van der Waals surface area contributed by atoms with Gasteiger partial charge < -0.3 is 10.6 Å². The van der Waals surface area contributed by atoms with Crippen molar-refractivity contribution in [1.29, 1.82) is 0 Å². The fraction of sp³-hybridized carbons (Fsp3) is 0.182. The van der Waals surface area contributed by atoms with Crippen molar-refractivity contribution in [2.45, 2.75) is 6.18 Å². The van der Waals surface area contributed by atoms with Gasteiger partial charge in [0.1, 0.15) is 0 Å². The van der Waals surface area contributed by atoms with Crippen molar-refractivity contribution in [3.63, 3.8) is 0 Å². The van der Waals surface area contributed by atoms with Crippen LogP contribution in [0.15, 0.2) is 30.9 Å². The minimum atomic E-state index is -4.59. The highest BCUT2D eigenvalue weighted by atomic mass is 35.5. The molecule has 1 aromatic carbocycles. The number of carbonyl (C=O) groups is 1. The zero-order valence-electron chi connectivity index (χ0n) is 9.14. The fourth-order valence-corrected chi connectivity index (χ4v) is 1.36. The van der Waals surface area contributed by atoms with Gasteiger partial charge in [0, 0.05) is 11.6 Å². The molecule has 98 valence electrons. The summed E-state index contributed by atoms with van der Waals surface area (Å²) in [5, 5.41) is 4.35. The molecule has 0 saturated heterocycles. The summed E-state index contributed by atoms with van der Waals surface area (Å²) >= 11 is 5.50. The molecule has 2 N–H and O–H groups in total. The number of halogens is 4. The number of benzene rings is 1. The monoisotopic (exact) mass is 278 g/mol. The molecule has 1 rings (SSSR count). The summed E-state index contributed by atoms with van der Waals surface area (Å²) in [5.41, 5.74) is -1.35. The van der Waals surface area contributed by atoms with Crippen LogP contribution in [0.4, 0.5) is 23.7 Å². The van der Waals surface area contributed by atoms with E-state index in [-0.39, 0.29) is 17.3 Å².